The number of nitrogens with two attached hydrogens (primary N) is 1. The van der Waals surface area contributed by atoms with E-state index >= 15 is 0 Å². The zero-order valence-corrected chi connectivity index (χ0v) is 6.40. The van der Waals surface area contributed by atoms with Gasteiger partial charge in [0, 0.05) is 6.20 Å². The summed E-state index contributed by atoms with van der Waals surface area (Å²) in [5.74, 6) is 0. The average Bonchev–Trinajstić information content (AvgIpc) is 1.97. The number of alkyl halides is 2. The van der Waals surface area contributed by atoms with Gasteiger partial charge in [-0.3, -0.25) is 4.79 Å². The highest BCUT2D eigenvalue weighted by Crippen LogP contribution is 2.22. The molecule has 0 unspecified atom stereocenters. The van der Waals surface area contributed by atoms with Crippen LogP contribution in [0, 0.1) is 6.92 Å². The molecule has 1 aromatic rings. The lowest BCUT2D eigenvalue weighted by Gasteiger charge is -2.04. The molecule has 66 valence electrons. The van der Waals surface area contributed by atoms with Crippen LogP contribution >= 0.6 is 0 Å². The number of nitrogens with one attached hydrogen (secondary N) is 1. The summed E-state index contributed by atoms with van der Waals surface area (Å²) in [5, 5.41) is 0. The van der Waals surface area contributed by atoms with E-state index in [2.05, 4.69) is 4.98 Å². The summed E-state index contributed by atoms with van der Waals surface area (Å²) in [5.41, 5.74) is 4.13. The van der Waals surface area contributed by atoms with Gasteiger partial charge in [-0.05, 0) is 12.5 Å². The van der Waals surface area contributed by atoms with Crippen molar-refractivity contribution in [1.29, 1.82) is 0 Å². The number of aryl methyl sites for hydroxylation is 1. The Morgan fingerprint density at radius 3 is 2.58 bits per heavy atom. The second kappa shape index (κ2) is 2.92. The largest absolute Gasteiger partial charge is 0.398 e. The van der Waals surface area contributed by atoms with Gasteiger partial charge in [-0.25, -0.2) is 8.78 Å². The lowest BCUT2D eigenvalue weighted by atomic mass is 10.2. The molecule has 0 saturated carbocycles. The summed E-state index contributed by atoms with van der Waals surface area (Å²) >= 11 is 0. The Kier molecular flexibility index (Phi) is 2.12. The van der Waals surface area contributed by atoms with Gasteiger partial charge in [0.25, 0.3) is 12.0 Å². The summed E-state index contributed by atoms with van der Waals surface area (Å²) in [6.45, 7) is 1.55. The van der Waals surface area contributed by atoms with Crippen molar-refractivity contribution in [3.8, 4) is 0 Å². The quantitative estimate of drug-likeness (QED) is 0.672. The van der Waals surface area contributed by atoms with Crippen LogP contribution in [-0.2, 0) is 0 Å². The van der Waals surface area contributed by atoms with Crippen molar-refractivity contribution >= 4 is 5.69 Å². The summed E-state index contributed by atoms with van der Waals surface area (Å²) < 4.78 is 24.3. The van der Waals surface area contributed by atoms with Crippen LogP contribution in [0.25, 0.3) is 0 Å². The first kappa shape index (κ1) is 8.70. The van der Waals surface area contributed by atoms with Gasteiger partial charge in [0.2, 0.25) is 0 Å². The Morgan fingerprint density at radius 2 is 2.17 bits per heavy atom. The number of anilines is 1. The number of halogens is 2. The van der Waals surface area contributed by atoms with Crippen molar-refractivity contribution in [2.75, 3.05) is 5.73 Å². The van der Waals surface area contributed by atoms with Gasteiger partial charge in [0.05, 0.1) is 5.69 Å². The fourth-order valence-electron chi connectivity index (χ4n) is 0.881. The third-order valence-electron chi connectivity index (χ3n) is 1.60. The minimum absolute atomic E-state index is 0.131. The van der Waals surface area contributed by atoms with Crippen molar-refractivity contribution in [2.24, 2.45) is 0 Å². The number of nitrogen functional groups attached to an aromatic ring is 1. The lowest BCUT2D eigenvalue weighted by molar-refractivity contribution is 0.150. The van der Waals surface area contributed by atoms with E-state index in [1.54, 1.807) is 6.92 Å². The van der Waals surface area contributed by atoms with Crippen LogP contribution < -0.4 is 11.3 Å². The predicted octanol–water partition coefficient (Wildman–Crippen LogP) is 1.20. The van der Waals surface area contributed by atoms with E-state index in [4.69, 9.17) is 5.73 Å². The molecule has 3 N–H and O–H groups in total. The summed E-state index contributed by atoms with van der Waals surface area (Å²) in [7, 11) is 0. The van der Waals surface area contributed by atoms with Gasteiger partial charge in [0.1, 0.15) is 5.56 Å². The Morgan fingerprint density at radius 1 is 1.58 bits per heavy atom. The molecule has 0 aliphatic carbocycles. The van der Waals surface area contributed by atoms with Crippen LogP contribution in [0.3, 0.4) is 0 Å². The SMILES string of the molecule is Cc1c[nH]c(=O)c(C(F)F)c1N. The van der Waals surface area contributed by atoms with Crippen LogP contribution in [0.4, 0.5) is 14.5 Å². The summed E-state index contributed by atoms with van der Waals surface area (Å²) in [4.78, 5) is 13.0. The van der Waals surface area contributed by atoms with Crippen molar-refractivity contribution in [3.63, 3.8) is 0 Å². The van der Waals surface area contributed by atoms with Gasteiger partial charge in [-0.2, -0.15) is 0 Å². The molecule has 0 aliphatic heterocycles. The second-order valence-corrected chi connectivity index (χ2v) is 2.43. The van der Waals surface area contributed by atoms with E-state index < -0.39 is 17.5 Å². The number of hydrogen-bond acceptors (Lipinski definition) is 2. The molecular formula is C7H8F2N2O. The number of H-pyrrole nitrogens is 1. The standard InChI is InChI=1S/C7H8F2N2O/c1-3-2-11-7(12)4(5(3)10)6(8)9/h2,6H,1H3,(H3,10,11,12). The monoisotopic (exact) mass is 174 g/mol. The molecule has 0 spiro atoms. The molecule has 3 nitrogen and oxygen atoms in total. The maximum absolute atomic E-state index is 12.2. The Hall–Kier alpha value is -1.39. The van der Waals surface area contributed by atoms with Crippen LogP contribution in [0.15, 0.2) is 11.0 Å². The summed E-state index contributed by atoms with van der Waals surface area (Å²) in [6.07, 6.45) is -1.52. The van der Waals surface area contributed by atoms with Crippen LogP contribution in [-0.4, -0.2) is 4.98 Å². The molecule has 0 bridgehead atoms. The van der Waals surface area contributed by atoms with Crippen molar-refractivity contribution in [2.45, 2.75) is 13.3 Å². The smallest absolute Gasteiger partial charge is 0.271 e. The molecule has 0 fully saturated rings. The molecule has 1 rings (SSSR count). The Balaban J connectivity index is 3.43. The fraction of sp³-hybridized carbons (Fsp3) is 0.286. The molecule has 0 atom stereocenters. The average molecular weight is 174 g/mol. The minimum Gasteiger partial charge on any atom is -0.398 e. The molecule has 0 saturated heterocycles. The van der Waals surface area contributed by atoms with E-state index in [1.165, 1.54) is 6.20 Å². The highest BCUT2D eigenvalue weighted by molar-refractivity contribution is 5.51. The molecule has 5 heteroatoms. The van der Waals surface area contributed by atoms with Gasteiger partial charge >= 0.3 is 0 Å². The highest BCUT2D eigenvalue weighted by Gasteiger charge is 2.16. The third kappa shape index (κ3) is 1.30. The second-order valence-electron chi connectivity index (χ2n) is 2.43. The van der Waals surface area contributed by atoms with E-state index in [9.17, 15) is 13.6 Å². The van der Waals surface area contributed by atoms with Crippen LogP contribution in [0.2, 0.25) is 0 Å². The van der Waals surface area contributed by atoms with E-state index in [1.807, 2.05) is 0 Å². The van der Waals surface area contributed by atoms with E-state index in [-0.39, 0.29) is 5.69 Å². The van der Waals surface area contributed by atoms with E-state index in [0.29, 0.717) is 5.56 Å². The number of aromatic nitrogens is 1. The number of aromatic amines is 1. The maximum Gasteiger partial charge on any atom is 0.271 e. The predicted molar refractivity (Wildman–Crippen MR) is 41.2 cm³/mol. The molecule has 0 amide bonds. The number of pyridine rings is 1. The van der Waals surface area contributed by atoms with Crippen LogP contribution in [0.5, 0.6) is 0 Å². The first-order valence-electron chi connectivity index (χ1n) is 3.30. The summed E-state index contributed by atoms with van der Waals surface area (Å²) in [6, 6.07) is 0. The van der Waals surface area contributed by atoms with Gasteiger partial charge in [-0.1, -0.05) is 0 Å². The molecule has 0 aliphatic rings. The first-order chi connectivity index (χ1) is 5.54. The molecular weight excluding hydrogens is 166 g/mol. The van der Waals surface area contributed by atoms with Crippen LogP contribution in [0.1, 0.15) is 17.6 Å². The molecule has 0 radical (unpaired) electrons. The van der Waals surface area contributed by atoms with Crippen molar-refractivity contribution < 1.29 is 8.78 Å². The van der Waals surface area contributed by atoms with Gasteiger partial charge in [0.15, 0.2) is 0 Å². The first-order valence-corrected chi connectivity index (χ1v) is 3.30. The van der Waals surface area contributed by atoms with Crippen molar-refractivity contribution in [3.05, 3.63) is 27.7 Å². The Labute approximate surface area is 67.2 Å². The molecule has 1 aromatic heterocycles. The number of rotatable bonds is 1. The zero-order valence-electron chi connectivity index (χ0n) is 6.40. The number of hydrogen-bond donors (Lipinski definition) is 2. The molecule has 0 aromatic carbocycles. The maximum atomic E-state index is 12.2. The van der Waals surface area contributed by atoms with Crippen molar-refractivity contribution in [1.82, 2.24) is 4.98 Å². The molecule has 12 heavy (non-hydrogen) atoms. The Bertz CT molecular complexity index is 346. The highest BCUT2D eigenvalue weighted by atomic mass is 19.3. The third-order valence-corrected chi connectivity index (χ3v) is 1.60. The topological polar surface area (TPSA) is 58.9 Å². The zero-order chi connectivity index (χ0) is 9.30. The normalized spacial score (nSPS) is 10.7. The minimum atomic E-state index is -2.83. The van der Waals surface area contributed by atoms with Gasteiger partial charge in [-0.15, -0.1) is 0 Å². The fourth-order valence-corrected chi connectivity index (χ4v) is 0.881. The van der Waals surface area contributed by atoms with E-state index in [0.717, 1.165) is 0 Å². The lowest BCUT2D eigenvalue weighted by Crippen LogP contribution is -2.16. The molecule has 1 heterocycles. The van der Waals surface area contributed by atoms with Gasteiger partial charge < -0.3 is 10.7 Å².